The van der Waals surface area contributed by atoms with Crippen LogP contribution < -0.4 is 10.6 Å². The molecule has 18 heavy (non-hydrogen) atoms. The van der Waals surface area contributed by atoms with E-state index >= 15 is 0 Å². The minimum atomic E-state index is 0.145. The van der Waals surface area contributed by atoms with Crippen LogP contribution in [0.2, 0.25) is 0 Å². The van der Waals surface area contributed by atoms with Gasteiger partial charge in [0.05, 0.1) is 0 Å². The lowest BCUT2D eigenvalue weighted by Gasteiger charge is -2.21. The molecule has 0 spiro atoms. The van der Waals surface area contributed by atoms with E-state index in [0.29, 0.717) is 0 Å². The fourth-order valence-corrected chi connectivity index (χ4v) is 1.78. The first kappa shape index (κ1) is 15.0. The summed E-state index contributed by atoms with van der Waals surface area (Å²) in [6, 6.07) is 4.35. The van der Waals surface area contributed by atoms with Gasteiger partial charge in [0.2, 0.25) is 0 Å². The lowest BCUT2D eigenvalue weighted by atomic mass is 10.1. The van der Waals surface area contributed by atoms with Crippen molar-refractivity contribution in [1.29, 1.82) is 0 Å². The molecule has 3 heteroatoms. The minimum absolute atomic E-state index is 0.145. The Hall–Kier alpha value is -1.09. The summed E-state index contributed by atoms with van der Waals surface area (Å²) in [6.07, 6.45) is 2.18. The summed E-state index contributed by atoms with van der Waals surface area (Å²) in [5.74, 6) is 0.995. The van der Waals surface area contributed by atoms with Crippen LogP contribution in [0.4, 0.5) is 5.82 Å². The fraction of sp³-hybridized carbons (Fsp3) is 0.667. The predicted molar refractivity (Wildman–Crippen MR) is 79.0 cm³/mol. The lowest BCUT2D eigenvalue weighted by molar-refractivity contribution is 0.424. The van der Waals surface area contributed by atoms with Crippen LogP contribution in [0.25, 0.3) is 0 Å². The zero-order valence-electron chi connectivity index (χ0n) is 12.4. The maximum absolute atomic E-state index is 4.62. The Kier molecular flexibility index (Phi) is 5.60. The predicted octanol–water partition coefficient (Wildman–Crippen LogP) is 3.35. The van der Waals surface area contributed by atoms with Gasteiger partial charge in [0.15, 0.2) is 0 Å². The van der Waals surface area contributed by atoms with Gasteiger partial charge in [-0.1, -0.05) is 13.3 Å². The number of pyridine rings is 1. The number of hydrogen-bond donors (Lipinski definition) is 2. The maximum Gasteiger partial charge on any atom is 0.126 e. The Bertz CT molecular complexity index is 342. The summed E-state index contributed by atoms with van der Waals surface area (Å²) in [5.41, 5.74) is 2.63. The third kappa shape index (κ3) is 5.50. The van der Waals surface area contributed by atoms with Gasteiger partial charge in [-0.05, 0) is 51.8 Å². The molecule has 0 saturated carbocycles. The zero-order valence-corrected chi connectivity index (χ0v) is 12.4. The van der Waals surface area contributed by atoms with Gasteiger partial charge in [-0.25, -0.2) is 4.98 Å². The maximum atomic E-state index is 4.62. The van der Waals surface area contributed by atoms with E-state index in [-0.39, 0.29) is 5.54 Å². The third-order valence-corrected chi connectivity index (χ3v) is 2.63. The van der Waals surface area contributed by atoms with Crippen molar-refractivity contribution in [2.75, 3.05) is 11.9 Å². The van der Waals surface area contributed by atoms with Crippen LogP contribution >= 0.6 is 0 Å². The minimum Gasteiger partial charge on any atom is -0.370 e. The largest absolute Gasteiger partial charge is 0.370 e. The van der Waals surface area contributed by atoms with Crippen LogP contribution in [-0.2, 0) is 13.0 Å². The smallest absolute Gasteiger partial charge is 0.126 e. The Labute approximate surface area is 111 Å². The summed E-state index contributed by atoms with van der Waals surface area (Å²) < 4.78 is 0. The van der Waals surface area contributed by atoms with Crippen molar-refractivity contribution < 1.29 is 0 Å². The van der Waals surface area contributed by atoms with E-state index in [1.54, 1.807) is 0 Å². The summed E-state index contributed by atoms with van der Waals surface area (Å²) in [6.45, 7) is 12.6. The van der Waals surface area contributed by atoms with Crippen molar-refractivity contribution >= 4 is 5.82 Å². The van der Waals surface area contributed by atoms with E-state index in [1.165, 1.54) is 11.3 Å². The van der Waals surface area contributed by atoms with Crippen LogP contribution in [0.1, 0.15) is 52.3 Å². The highest BCUT2D eigenvalue weighted by atomic mass is 15.0. The number of nitrogens with zero attached hydrogens (tertiary/aromatic N) is 1. The molecule has 3 nitrogen and oxygen atoms in total. The molecule has 1 aromatic heterocycles. The molecule has 0 amide bonds. The highest BCUT2D eigenvalue weighted by molar-refractivity contribution is 5.39. The first-order chi connectivity index (χ1) is 8.44. The molecule has 0 atom stereocenters. The molecule has 0 aromatic carbocycles. The van der Waals surface area contributed by atoms with Gasteiger partial charge >= 0.3 is 0 Å². The van der Waals surface area contributed by atoms with Gasteiger partial charge in [-0.2, -0.15) is 0 Å². The van der Waals surface area contributed by atoms with E-state index in [1.807, 2.05) is 0 Å². The first-order valence-electron chi connectivity index (χ1n) is 6.93. The van der Waals surface area contributed by atoms with Crippen LogP contribution in [0.3, 0.4) is 0 Å². The molecule has 1 aromatic rings. The van der Waals surface area contributed by atoms with Crippen molar-refractivity contribution in [2.45, 2.75) is 59.5 Å². The number of aryl methyl sites for hydroxylation is 1. The molecule has 0 aliphatic carbocycles. The second-order valence-corrected chi connectivity index (χ2v) is 5.74. The Morgan fingerprint density at radius 1 is 1.17 bits per heavy atom. The molecule has 1 rings (SSSR count). The number of rotatable bonds is 6. The molecule has 0 radical (unpaired) electrons. The van der Waals surface area contributed by atoms with E-state index in [9.17, 15) is 0 Å². The summed E-state index contributed by atoms with van der Waals surface area (Å²) >= 11 is 0. The Morgan fingerprint density at radius 2 is 1.89 bits per heavy atom. The molecule has 0 saturated heterocycles. The van der Waals surface area contributed by atoms with Crippen molar-refractivity contribution in [3.8, 4) is 0 Å². The second kappa shape index (κ2) is 6.74. The summed E-state index contributed by atoms with van der Waals surface area (Å²) in [7, 11) is 0. The lowest BCUT2D eigenvalue weighted by Crippen LogP contribution is -2.35. The molecule has 0 unspecified atom stereocenters. The van der Waals surface area contributed by atoms with Gasteiger partial charge in [-0.15, -0.1) is 0 Å². The molecule has 102 valence electrons. The average Bonchev–Trinajstić information content (AvgIpc) is 2.26. The Morgan fingerprint density at radius 3 is 2.44 bits per heavy atom. The molecule has 0 fully saturated rings. The second-order valence-electron chi connectivity index (χ2n) is 5.74. The monoisotopic (exact) mass is 249 g/mol. The SMILES string of the molecule is CCCc1cc(CNC(C)(C)C)cc(NCC)n1. The van der Waals surface area contributed by atoms with Gasteiger partial charge in [0.1, 0.15) is 5.82 Å². The van der Waals surface area contributed by atoms with Crippen molar-refractivity contribution in [3.05, 3.63) is 23.4 Å². The van der Waals surface area contributed by atoms with Gasteiger partial charge < -0.3 is 10.6 Å². The molecule has 1 heterocycles. The highest BCUT2D eigenvalue weighted by Crippen LogP contribution is 2.13. The van der Waals surface area contributed by atoms with Crippen LogP contribution in [0.15, 0.2) is 12.1 Å². The third-order valence-electron chi connectivity index (χ3n) is 2.63. The number of nitrogens with one attached hydrogen (secondary N) is 2. The highest BCUT2D eigenvalue weighted by Gasteiger charge is 2.09. The number of aromatic nitrogens is 1. The first-order valence-corrected chi connectivity index (χ1v) is 6.93. The standard InChI is InChI=1S/C15H27N3/c1-6-8-13-9-12(11-17-15(3,4)5)10-14(18-13)16-7-2/h9-10,17H,6-8,11H2,1-5H3,(H,16,18). The quantitative estimate of drug-likeness (QED) is 0.812. The van der Waals surface area contributed by atoms with E-state index in [4.69, 9.17) is 0 Å². The van der Waals surface area contributed by atoms with E-state index in [2.05, 4.69) is 62.4 Å². The van der Waals surface area contributed by atoms with Crippen LogP contribution in [-0.4, -0.2) is 17.1 Å². The van der Waals surface area contributed by atoms with Gasteiger partial charge in [-0.3, -0.25) is 0 Å². The fourth-order valence-electron chi connectivity index (χ4n) is 1.78. The Balaban J connectivity index is 2.81. The number of hydrogen-bond acceptors (Lipinski definition) is 3. The van der Waals surface area contributed by atoms with E-state index in [0.717, 1.165) is 31.7 Å². The zero-order chi connectivity index (χ0) is 13.6. The average molecular weight is 249 g/mol. The van der Waals surface area contributed by atoms with Crippen LogP contribution in [0, 0.1) is 0 Å². The molecule has 0 bridgehead atoms. The molecule has 0 aliphatic rings. The van der Waals surface area contributed by atoms with Crippen molar-refractivity contribution in [3.63, 3.8) is 0 Å². The van der Waals surface area contributed by atoms with Gasteiger partial charge in [0.25, 0.3) is 0 Å². The van der Waals surface area contributed by atoms with E-state index < -0.39 is 0 Å². The van der Waals surface area contributed by atoms with Crippen LogP contribution in [0.5, 0.6) is 0 Å². The number of anilines is 1. The topological polar surface area (TPSA) is 37.0 Å². The normalized spacial score (nSPS) is 11.6. The summed E-state index contributed by atoms with van der Waals surface area (Å²) in [4.78, 5) is 4.62. The molecular formula is C15H27N3. The molecule has 0 aliphatic heterocycles. The van der Waals surface area contributed by atoms with Crippen molar-refractivity contribution in [1.82, 2.24) is 10.3 Å². The molecular weight excluding hydrogens is 222 g/mol. The van der Waals surface area contributed by atoms with Gasteiger partial charge in [0, 0.05) is 24.3 Å². The van der Waals surface area contributed by atoms with Crippen molar-refractivity contribution in [2.24, 2.45) is 0 Å². The summed E-state index contributed by atoms with van der Waals surface area (Å²) in [5, 5.41) is 6.83. The molecule has 2 N–H and O–H groups in total.